The lowest BCUT2D eigenvalue weighted by Gasteiger charge is -2.35. The molecule has 2 aliphatic heterocycles. The van der Waals surface area contributed by atoms with Gasteiger partial charge in [-0.2, -0.15) is 18.6 Å². The number of aromatic nitrogens is 10. The van der Waals surface area contributed by atoms with Crippen LogP contribution >= 0.6 is 0 Å². The minimum absolute atomic E-state index is 0.00357. The highest BCUT2D eigenvalue weighted by atomic mass is 32.2. The minimum atomic E-state index is -4.44. The highest BCUT2D eigenvalue weighted by molar-refractivity contribution is 7.90. The monoisotopic (exact) mass is 889 g/mol. The van der Waals surface area contributed by atoms with Crippen LogP contribution in [-0.2, 0) is 35.3 Å². The van der Waals surface area contributed by atoms with E-state index in [2.05, 4.69) is 29.3 Å². The minimum Gasteiger partial charge on any atom is -0.376 e. The molecule has 5 aromatic heterocycles. The Balaban J connectivity index is 1.12. The van der Waals surface area contributed by atoms with Crippen molar-refractivity contribution in [2.45, 2.75) is 76.5 Å². The van der Waals surface area contributed by atoms with Crippen LogP contribution in [0.3, 0.4) is 0 Å². The first-order chi connectivity index (χ1) is 30.4. The summed E-state index contributed by atoms with van der Waals surface area (Å²) in [5.41, 5.74) is 3.09. The number of fused-ring (bicyclic) bond motifs is 3. The van der Waals surface area contributed by atoms with Crippen molar-refractivity contribution in [1.82, 2.24) is 52.6 Å². The molecule has 1 amide bonds. The number of aryl methyl sites for hydroxylation is 4. The van der Waals surface area contributed by atoms with Crippen LogP contribution in [0.4, 0.5) is 8.78 Å². The molecule has 16 nitrogen and oxygen atoms in total. The van der Waals surface area contributed by atoms with E-state index < -0.39 is 33.5 Å². The first-order valence-electron chi connectivity index (χ1n) is 21.0. The average Bonchev–Trinajstić information content (AvgIpc) is 4.10. The van der Waals surface area contributed by atoms with Crippen LogP contribution in [0, 0.1) is 25.5 Å². The van der Waals surface area contributed by atoms with Crippen LogP contribution in [0.25, 0.3) is 39.0 Å². The van der Waals surface area contributed by atoms with Crippen LogP contribution in [0.15, 0.2) is 83.1 Å². The molecular weight excluding hydrogens is 845 g/mol. The standard InChI is InChI=1S/C45H45F2N11O5S/c1-25-18-31(19-26(2)40(25)46)57-42(56-16-15-55(44(56)60)36-11-10-35-32(41(36)47)23-49-52(35)6)39-27(3)54(14-12-33(39)50-57)43(59)37-21-30-20-28(29-13-17-63-45(4,5)22-29)8-9-34(30)58(37)64(61,62)38-24-48-51-53(38)7/h8-11,15-16,18-21,23-24,27,29H,12-14,17,22H2,1-7H3/t27-,29?/m0/s1. The summed E-state index contributed by atoms with van der Waals surface area (Å²) >= 11 is 0. The summed E-state index contributed by atoms with van der Waals surface area (Å²) in [5.74, 6) is -1.17. The Morgan fingerprint density at radius 2 is 1.66 bits per heavy atom. The Morgan fingerprint density at radius 1 is 0.922 bits per heavy atom. The molecule has 3 aromatic carbocycles. The Kier molecular flexibility index (Phi) is 9.46. The van der Waals surface area contributed by atoms with Gasteiger partial charge in [0.25, 0.3) is 15.9 Å². The van der Waals surface area contributed by atoms with Gasteiger partial charge in [0.1, 0.15) is 17.3 Å². The number of halogens is 2. The third-order valence-electron chi connectivity index (χ3n) is 12.8. The van der Waals surface area contributed by atoms with Gasteiger partial charge in [-0.15, -0.1) is 5.10 Å². The van der Waals surface area contributed by atoms with E-state index in [0.29, 0.717) is 51.1 Å². The van der Waals surface area contributed by atoms with E-state index in [1.807, 2.05) is 12.1 Å². The lowest BCUT2D eigenvalue weighted by Crippen LogP contribution is -2.40. The van der Waals surface area contributed by atoms with E-state index in [9.17, 15) is 13.2 Å². The second kappa shape index (κ2) is 14.7. The summed E-state index contributed by atoms with van der Waals surface area (Å²) in [7, 11) is -1.28. The summed E-state index contributed by atoms with van der Waals surface area (Å²) in [5, 5.41) is 17.5. The van der Waals surface area contributed by atoms with Gasteiger partial charge in [-0.25, -0.2) is 26.9 Å². The number of amides is 1. The second-order valence-electron chi connectivity index (χ2n) is 17.4. The summed E-state index contributed by atoms with van der Waals surface area (Å²) < 4.78 is 74.3. The van der Waals surface area contributed by atoms with Crippen molar-refractivity contribution in [3.63, 3.8) is 0 Å². The topological polar surface area (TPSA) is 162 Å². The zero-order chi connectivity index (χ0) is 45.1. The van der Waals surface area contributed by atoms with Crippen LogP contribution < -0.4 is 5.69 Å². The zero-order valence-electron chi connectivity index (χ0n) is 36.2. The number of hydrogen-bond acceptors (Lipinski definition) is 9. The molecule has 2 aliphatic rings. The molecule has 330 valence electrons. The number of rotatable bonds is 7. The molecule has 1 fully saturated rings. The van der Waals surface area contributed by atoms with Gasteiger partial charge in [0.2, 0.25) is 0 Å². The Morgan fingerprint density at radius 3 is 2.38 bits per heavy atom. The normalized spacial score (nSPS) is 17.7. The Hall–Kier alpha value is -6.73. The van der Waals surface area contributed by atoms with E-state index in [1.54, 1.807) is 67.7 Å². The summed E-state index contributed by atoms with van der Waals surface area (Å²) in [6.07, 6.45) is 7.30. The van der Waals surface area contributed by atoms with Crippen molar-refractivity contribution < 1.29 is 26.7 Å². The molecule has 1 saturated heterocycles. The van der Waals surface area contributed by atoms with Gasteiger partial charge in [-0.05, 0) is 113 Å². The molecule has 8 aromatic rings. The van der Waals surface area contributed by atoms with E-state index in [0.717, 1.165) is 33.3 Å². The van der Waals surface area contributed by atoms with Crippen LogP contribution in [0.5, 0.6) is 0 Å². The fraction of sp³-hybridized carbons (Fsp3) is 0.333. The van der Waals surface area contributed by atoms with Crippen molar-refractivity contribution in [3.05, 3.63) is 129 Å². The quantitative estimate of drug-likeness (QED) is 0.178. The number of ether oxygens (including phenoxy) is 1. The second-order valence-corrected chi connectivity index (χ2v) is 19.2. The van der Waals surface area contributed by atoms with Crippen molar-refractivity contribution in [2.24, 2.45) is 14.1 Å². The van der Waals surface area contributed by atoms with Gasteiger partial charge in [0, 0.05) is 57.0 Å². The van der Waals surface area contributed by atoms with Gasteiger partial charge >= 0.3 is 5.69 Å². The number of hydrogen-bond donors (Lipinski definition) is 0. The van der Waals surface area contributed by atoms with Crippen molar-refractivity contribution in [3.8, 4) is 17.2 Å². The molecule has 0 N–H and O–H groups in total. The Bertz CT molecular complexity index is 3380. The molecule has 19 heteroatoms. The first kappa shape index (κ1) is 41.3. The van der Waals surface area contributed by atoms with E-state index in [1.165, 1.54) is 45.5 Å². The summed E-state index contributed by atoms with van der Waals surface area (Å²) in [6, 6.07) is 12.9. The third kappa shape index (κ3) is 6.34. The number of benzene rings is 3. The highest BCUT2D eigenvalue weighted by Crippen LogP contribution is 2.40. The van der Waals surface area contributed by atoms with Gasteiger partial charge in [0.15, 0.2) is 10.8 Å². The number of imidazole rings is 1. The Labute approximate surface area is 365 Å². The predicted molar refractivity (Wildman–Crippen MR) is 233 cm³/mol. The fourth-order valence-corrected chi connectivity index (χ4v) is 11.2. The molecule has 0 spiro atoms. The summed E-state index contributed by atoms with van der Waals surface area (Å²) in [6.45, 7) is 9.91. The van der Waals surface area contributed by atoms with Crippen molar-refractivity contribution in [1.29, 1.82) is 0 Å². The molecule has 2 atom stereocenters. The molecule has 7 heterocycles. The fourth-order valence-electron chi connectivity index (χ4n) is 9.62. The molecule has 0 saturated carbocycles. The molecule has 1 unspecified atom stereocenters. The number of carbonyl (C=O) groups excluding carboxylic acids is 1. The smallest absolute Gasteiger partial charge is 0.338 e. The van der Waals surface area contributed by atoms with Crippen molar-refractivity contribution in [2.75, 3.05) is 13.2 Å². The maximum absolute atomic E-state index is 16.1. The number of carbonyl (C=O) groups is 1. The molecule has 10 rings (SSSR count). The van der Waals surface area contributed by atoms with Crippen LogP contribution in [-0.4, -0.2) is 85.6 Å². The highest BCUT2D eigenvalue weighted by Gasteiger charge is 2.39. The first-order valence-corrected chi connectivity index (χ1v) is 22.4. The molecule has 0 radical (unpaired) electrons. The molecule has 64 heavy (non-hydrogen) atoms. The molecular formula is C45H45F2N11O5S. The zero-order valence-corrected chi connectivity index (χ0v) is 37.1. The molecule has 0 aliphatic carbocycles. The van der Waals surface area contributed by atoms with Crippen LogP contribution in [0.1, 0.15) is 84.0 Å². The van der Waals surface area contributed by atoms with Crippen molar-refractivity contribution >= 4 is 37.7 Å². The maximum Gasteiger partial charge on any atom is 0.338 e. The maximum atomic E-state index is 16.1. The van der Waals surface area contributed by atoms with Gasteiger partial charge < -0.3 is 9.64 Å². The largest absolute Gasteiger partial charge is 0.376 e. The summed E-state index contributed by atoms with van der Waals surface area (Å²) in [4.78, 5) is 31.4. The predicted octanol–water partition coefficient (Wildman–Crippen LogP) is 6.35. The SMILES string of the molecule is Cc1cc(-n2nc3c(c2-n2ccn(-c4ccc5c(cnn5C)c4F)c2=O)[C@H](C)N(C(=O)c2cc4cc(C5CCOC(C)(C)C5)ccc4n2S(=O)(=O)c2cnnn2C)CC3)cc(C)c1F. The van der Waals surface area contributed by atoms with E-state index in [4.69, 9.17) is 9.84 Å². The molecule has 0 bridgehead atoms. The lowest BCUT2D eigenvalue weighted by molar-refractivity contribution is -0.0592. The van der Waals surface area contributed by atoms with Gasteiger partial charge in [-0.3, -0.25) is 18.6 Å². The van der Waals surface area contributed by atoms with Gasteiger partial charge in [-0.1, -0.05) is 11.3 Å². The van der Waals surface area contributed by atoms with Crippen LogP contribution in [0.2, 0.25) is 0 Å². The lowest BCUT2D eigenvalue weighted by atomic mass is 9.83. The van der Waals surface area contributed by atoms with Gasteiger partial charge in [0.05, 0.1) is 57.5 Å². The third-order valence-corrected chi connectivity index (χ3v) is 14.6. The van der Waals surface area contributed by atoms with E-state index in [-0.39, 0.29) is 57.9 Å². The van der Waals surface area contributed by atoms with E-state index >= 15 is 13.6 Å². The average molecular weight is 890 g/mol. The number of nitrogens with zero attached hydrogens (tertiary/aromatic N) is 11.